The molecule has 2 heterocycles. The molecule has 3 aromatic carbocycles. The van der Waals surface area contributed by atoms with E-state index >= 15 is 0 Å². The van der Waals surface area contributed by atoms with E-state index in [2.05, 4.69) is 5.32 Å². The summed E-state index contributed by atoms with van der Waals surface area (Å²) in [5.41, 5.74) is 3.96. The second-order valence-electron chi connectivity index (χ2n) is 9.79. The average molecular weight is 506 g/mol. The number of halogens is 1. The highest BCUT2D eigenvalue weighted by Gasteiger charge is 2.63. The monoisotopic (exact) mass is 505 g/mol. The minimum Gasteiger partial charge on any atom is -0.497 e. The molecular weight excluding hydrogens is 477 g/mol. The maximum absolute atomic E-state index is 14.3. The predicted molar refractivity (Wildman–Crippen MR) is 141 cm³/mol. The fourth-order valence-electron chi connectivity index (χ4n) is 4.94. The van der Waals surface area contributed by atoms with Crippen LogP contribution in [0.3, 0.4) is 0 Å². The lowest BCUT2D eigenvalue weighted by Crippen LogP contribution is -2.51. The quantitative estimate of drug-likeness (QED) is 0.480. The van der Waals surface area contributed by atoms with Crippen LogP contribution in [-0.4, -0.2) is 35.2 Å². The Bertz CT molecular complexity index is 1340. The number of carbonyl (C=O) groups excluding carboxylic acids is 2. The number of nitrogens with one attached hydrogen (secondary N) is 1. The summed E-state index contributed by atoms with van der Waals surface area (Å²) >= 11 is 1.50. The topological polar surface area (TPSA) is 61.9 Å². The van der Waals surface area contributed by atoms with Crippen molar-refractivity contribution in [3.63, 3.8) is 0 Å². The second kappa shape index (κ2) is 8.85. The number of rotatable bonds is 4. The third kappa shape index (κ3) is 4.09. The smallest absolute Gasteiger partial charge is 0.323 e. The van der Waals surface area contributed by atoms with Gasteiger partial charge in [-0.1, -0.05) is 35.9 Å². The van der Waals surface area contributed by atoms with Crippen LogP contribution >= 0.6 is 11.8 Å². The molecule has 0 bridgehead atoms. The molecule has 0 unspecified atom stereocenters. The van der Waals surface area contributed by atoms with Crippen molar-refractivity contribution >= 4 is 35.1 Å². The summed E-state index contributed by atoms with van der Waals surface area (Å²) in [7, 11) is 1.57. The van der Waals surface area contributed by atoms with E-state index in [0.717, 1.165) is 22.4 Å². The largest absolute Gasteiger partial charge is 0.497 e. The Morgan fingerprint density at radius 2 is 1.86 bits per heavy atom. The molecule has 1 N–H and O–H groups in total. The summed E-state index contributed by atoms with van der Waals surface area (Å²) in [5.74, 6) is 0.123. The number of carbonyl (C=O) groups is 2. The summed E-state index contributed by atoms with van der Waals surface area (Å²) in [6.07, 6.45) is 0. The van der Waals surface area contributed by atoms with Gasteiger partial charge >= 0.3 is 6.03 Å². The fourth-order valence-corrected chi connectivity index (χ4v) is 6.66. The number of ether oxygens (including phenoxy) is 1. The number of thioether (sulfide) groups is 1. The van der Waals surface area contributed by atoms with E-state index < -0.39 is 4.87 Å². The normalized spacial score (nSPS) is 20.1. The van der Waals surface area contributed by atoms with Crippen molar-refractivity contribution in [2.24, 2.45) is 0 Å². The van der Waals surface area contributed by atoms with Crippen molar-refractivity contribution in [2.45, 2.75) is 36.9 Å². The minimum atomic E-state index is -1.21. The number of urea groups is 1. The number of hydrogen-bond donors (Lipinski definition) is 1. The molecule has 0 saturated carbocycles. The molecule has 6 nitrogen and oxygen atoms in total. The standard InChI is InChI=1S/C28H28FN3O3S/c1-18-8-13-24-23(14-18)28(25(33)31(24)16-19-9-11-20(29)12-10-19)32(17-27(2,3)36-28)26(34)30-21-6-5-7-22(15-21)35-4/h5-15H,16-17H2,1-4H3,(H,30,34)/t28-/m0/s1. The number of nitrogens with zero attached hydrogens (tertiary/aromatic N) is 2. The number of fused-ring (bicyclic) bond motifs is 2. The van der Waals surface area contributed by atoms with Crippen molar-refractivity contribution in [3.8, 4) is 5.75 Å². The molecule has 1 atom stereocenters. The van der Waals surface area contributed by atoms with Crippen molar-refractivity contribution in [3.05, 3.63) is 89.2 Å². The molecule has 0 aliphatic carbocycles. The first-order valence-electron chi connectivity index (χ1n) is 11.7. The zero-order valence-electron chi connectivity index (χ0n) is 20.7. The highest BCUT2D eigenvalue weighted by Crippen LogP contribution is 2.60. The van der Waals surface area contributed by atoms with Gasteiger partial charge in [-0.05, 0) is 56.7 Å². The predicted octanol–water partition coefficient (Wildman–Crippen LogP) is 5.90. The summed E-state index contributed by atoms with van der Waals surface area (Å²) in [6, 6.07) is 18.8. The van der Waals surface area contributed by atoms with Gasteiger partial charge in [0, 0.05) is 28.6 Å². The van der Waals surface area contributed by atoms with Gasteiger partial charge in [0.05, 0.1) is 19.3 Å². The SMILES string of the molecule is COc1cccc(NC(=O)N2CC(C)(C)S[C@@]23C(=O)N(Cc2ccc(F)cc2)c2ccc(C)cc23)c1. The van der Waals surface area contributed by atoms with Crippen LogP contribution in [0.5, 0.6) is 5.75 Å². The molecule has 3 amide bonds. The van der Waals surface area contributed by atoms with Crippen LogP contribution in [0.2, 0.25) is 0 Å². The fraction of sp³-hybridized carbons (Fsp3) is 0.286. The lowest BCUT2D eigenvalue weighted by atomic mass is 10.0. The molecule has 1 spiro atoms. The number of anilines is 2. The van der Waals surface area contributed by atoms with Gasteiger partial charge in [0.15, 0.2) is 4.87 Å². The van der Waals surface area contributed by atoms with Crippen LogP contribution in [0.25, 0.3) is 0 Å². The summed E-state index contributed by atoms with van der Waals surface area (Å²) in [4.78, 5) is 30.2. The van der Waals surface area contributed by atoms with E-state index in [1.165, 1.54) is 23.9 Å². The Morgan fingerprint density at radius 3 is 2.58 bits per heavy atom. The Hall–Kier alpha value is -3.52. The Morgan fingerprint density at radius 1 is 1.11 bits per heavy atom. The Balaban J connectivity index is 1.57. The average Bonchev–Trinajstić information content (AvgIpc) is 3.26. The molecule has 1 saturated heterocycles. The number of amides is 3. The van der Waals surface area contributed by atoms with E-state index in [0.29, 0.717) is 18.0 Å². The van der Waals surface area contributed by atoms with Gasteiger partial charge in [0.25, 0.3) is 5.91 Å². The highest BCUT2D eigenvalue weighted by molar-refractivity contribution is 8.02. The Kier molecular flexibility index (Phi) is 5.95. The van der Waals surface area contributed by atoms with Gasteiger partial charge in [-0.3, -0.25) is 9.69 Å². The molecule has 5 rings (SSSR count). The third-order valence-corrected chi connectivity index (χ3v) is 8.10. The molecule has 36 heavy (non-hydrogen) atoms. The van der Waals surface area contributed by atoms with Crippen molar-refractivity contribution < 1.29 is 18.7 Å². The lowest BCUT2D eigenvalue weighted by Gasteiger charge is -2.33. The third-order valence-electron chi connectivity index (χ3n) is 6.51. The van der Waals surface area contributed by atoms with Crippen LogP contribution < -0.4 is 15.0 Å². The molecule has 8 heteroatoms. The van der Waals surface area contributed by atoms with Crippen LogP contribution in [-0.2, 0) is 16.2 Å². The number of methoxy groups -OCH3 is 1. The van der Waals surface area contributed by atoms with Crippen molar-refractivity contribution in [2.75, 3.05) is 23.9 Å². The maximum atomic E-state index is 14.3. The molecule has 2 aliphatic heterocycles. The molecule has 186 valence electrons. The van der Waals surface area contributed by atoms with Gasteiger partial charge in [-0.15, -0.1) is 11.8 Å². The molecule has 3 aromatic rings. The van der Waals surface area contributed by atoms with Gasteiger partial charge < -0.3 is 15.0 Å². The zero-order valence-corrected chi connectivity index (χ0v) is 21.5. The van der Waals surface area contributed by atoms with E-state index in [-0.39, 0.29) is 29.0 Å². The molecule has 0 radical (unpaired) electrons. The van der Waals surface area contributed by atoms with E-state index in [1.54, 1.807) is 53.3 Å². The van der Waals surface area contributed by atoms with Crippen molar-refractivity contribution in [1.82, 2.24) is 4.90 Å². The molecule has 1 fully saturated rings. The van der Waals surface area contributed by atoms with Crippen molar-refractivity contribution in [1.29, 1.82) is 0 Å². The first kappa shape index (κ1) is 24.2. The summed E-state index contributed by atoms with van der Waals surface area (Å²) in [5, 5.41) is 2.97. The molecule has 2 aliphatic rings. The van der Waals surface area contributed by atoms with E-state index in [4.69, 9.17) is 4.74 Å². The van der Waals surface area contributed by atoms with E-state index in [9.17, 15) is 14.0 Å². The molecule has 0 aromatic heterocycles. The maximum Gasteiger partial charge on any atom is 0.323 e. The highest BCUT2D eigenvalue weighted by atomic mass is 32.2. The first-order chi connectivity index (χ1) is 17.1. The zero-order chi connectivity index (χ0) is 25.7. The summed E-state index contributed by atoms with van der Waals surface area (Å²) in [6.45, 7) is 6.74. The van der Waals surface area contributed by atoms with Crippen LogP contribution in [0.15, 0.2) is 66.7 Å². The Labute approximate surface area is 214 Å². The van der Waals surface area contributed by atoms with Crippen LogP contribution in [0.1, 0.15) is 30.5 Å². The van der Waals surface area contributed by atoms with Gasteiger partial charge in [0.1, 0.15) is 11.6 Å². The first-order valence-corrected chi connectivity index (χ1v) is 12.5. The van der Waals surface area contributed by atoms with Gasteiger partial charge in [0.2, 0.25) is 0 Å². The van der Waals surface area contributed by atoms with E-state index in [1.807, 2.05) is 39.0 Å². The lowest BCUT2D eigenvalue weighted by molar-refractivity contribution is -0.123. The van der Waals surface area contributed by atoms with Crippen LogP contribution in [0, 0.1) is 12.7 Å². The number of benzene rings is 3. The second-order valence-corrected chi connectivity index (χ2v) is 11.7. The number of hydrogen-bond acceptors (Lipinski definition) is 4. The number of aryl methyl sites for hydroxylation is 1. The van der Waals surface area contributed by atoms with Gasteiger partial charge in [-0.25, -0.2) is 9.18 Å². The van der Waals surface area contributed by atoms with Gasteiger partial charge in [-0.2, -0.15) is 0 Å². The van der Waals surface area contributed by atoms with Crippen LogP contribution in [0.4, 0.5) is 20.6 Å². The minimum absolute atomic E-state index is 0.177. The summed E-state index contributed by atoms with van der Waals surface area (Å²) < 4.78 is 18.4. The molecular formula is C28H28FN3O3S.